The SMILES string of the molecule is CNc1cc(-c2ncccc2OC)nc(COC)n1. The van der Waals surface area contributed by atoms with Crippen LogP contribution in [0.25, 0.3) is 11.4 Å². The van der Waals surface area contributed by atoms with E-state index in [4.69, 9.17) is 9.47 Å². The smallest absolute Gasteiger partial charge is 0.157 e. The number of aromatic nitrogens is 3. The molecule has 0 saturated carbocycles. The summed E-state index contributed by atoms with van der Waals surface area (Å²) in [6.45, 7) is 0.345. The first-order valence-corrected chi connectivity index (χ1v) is 5.82. The minimum Gasteiger partial charge on any atom is -0.494 e. The molecule has 0 saturated heterocycles. The van der Waals surface area contributed by atoms with Gasteiger partial charge in [-0.1, -0.05) is 0 Å². The van der Waals surface area contributed by atoms with Crippen LogP contribution < -0.4 is 10.1 Å². The van der Waals surface area contributed by atoms with Crippen molar-refractivity contribution in [3.8, 4) is 17.1 Å². The normalized spacial score (nSPS) is 10.3. The Morgan fingerprint density at radius 3 is 2.79 bits per heavy atom. The third-order valence-electron chi connectivity index (χ3n) is 2.54. The van der Waals surface area contributed by atoms with Gasteiger partial charge in [-0.2, -0.15) is 0 Å². The number of hydrogen-bond acceptors (Lipinski definition) is 6. The standard InChI is InChI=1S/C13H16N4O2/c1-14-11-7-9(16-12(17-11)8-18-2)13-10(19-3)5-4-6-15-13/h4-7H,8H2,1-3H3,(H,14,16,17). The molecule has 6 nitrogen and oxygen atoms in total. The molecular weight excluding hydrogens is 244 g/mol. The fourth-order valence-electron chi connectivity index (χ4n) is 1.69. The van der Waals surface area contributed by atoms with Gasteiger partial charge in [-0.05, 0) is 12.1 Å². The summed E-state index contributed by atoms with van der Waals surface area (Å²) in [4.78, 5) is 13.1. The minimum atomic E-state index is 0.345. The molecule has 0 spiro atoms. The van der Waals surface area contributed by atoms with Crippen molar-refractivity contribution in [2.75, 3.05) is 26.6 Å². The van der Waals surface area contributed by atoms with Gasteiger partial charge in [0.2, 0.25) is 0 Å². The van der Waals surface area contributed by atoms with Gasteiger partial charge in [-0.25, -0.2) is 9.97 Å². The highest BCUT2D eigenvalue weighted by atomic mass is 16.5. The van der Waals surface area contributed by atoms with E-state index in [2.05, 4.69) is 20.3 Å². The molecular formula is C13H16N4O2. The largest absolute Gasteiger partial charge is 0.494 e. The highest BCUT2D eigenvalue weighted by molar-refractivity contribution is 5.64. The van der Waals surface area contributed by atoms with Crippen LogP contribution in [-0.4, -0.2) is 36.2 Å². The molecule has 0 aliphatic heterocycles. The van der Waals surface area contributed by atoms with Gasteiger partial charge in [0.25, 0.3) is 0 Å². The molecule has 6 heteroatoms. The molecule has 0 unspecified atom stereocenters. The number of pyridine rings is 1. The van der Waals surface area contributed by atoms with Gasteiger partial charge in [0, 0.05) is 26.4 Å². The van der Waals surface area contributed by atoms with Gasteiger partial charge < -0.3 is 14.8 Å². The van der Waals surface area contributed by atoms with Crippen molar-refractivity contribution in [2.45, 2.75) is 6.61 Å². The minimum absolute atomic E-state index is 0.345. The van der Waals surface area contributed by atoms with Crippen molar-refractivity contribution in [1.82, 2.24) is 15.0 Å². The Labute approximate surface area is 111 Å². The van der Waals surface area contributed by atoms with E-state index in [1.165, 1.54) is 0 Å². The van der Waals surface area contributed by atoms with Gasteiger partial charge in [-0.3, -0.25) is 4.98 Å². The first-order chi connectivity index (χ1) is 9.28. The zero-order valence-electron chi connectivity index (χ0n) is 11.2. The lowest BCUT2D eigenvalue weighted by Gasteiger charge is -2.09. The quantitative estimate of drug-likeness (QED) is 0.883. The topological polar surface area (TPSA) is 69.2 Å². The highest BCUT2D eigenvalue weighted by Crippen LogP contribution is 2.26. The predicted octanol–water partition coefficient (Wildman–Crippen LogP) is 1.74. The van der Waals surface area contributed by atoms with E-state index in [-0.39, 0.29) is 0 Å². The molecule has 0 amide bonds. The van der Waals surface area contributed by atoms with E-state index in [1.54, 1.807) is 27.5 Å². The third-order valence-corrected chi connectivity index (χ3v) is 2.54. The summed E-state index contributed by atoms with van der Waals surface area (Å²) in [7, 11) is 5.02. The van der Waals surface area contributed by atoms with Gasteiger partial charge in [-0.15, -0.1) is 0 Å². The van der Waals surface area contributed by atoms with Crippen molar-refractivity contribution < 1.29 is 9.47 Å². The first kappa shape index (κ1) is 13.2. The predicted molar refractivity (Wildman–Crippen MR) is 72.1 cm³/mol. The fourth-order valence-corrected chi connectivity index (χ4v) is 1.69. The average Bonchev–Trinajstić information content (AvgIpc) is 2.47. The first-order valence-electron chi connectivity index (χ1n) is 5.82. The number of anilines is 1. The molecule has 1 N–H and O–H groups in total. The number of nitrogens with zero attached hydrogens (tertiary/aromatic N) is 3. The summed E-state index contributed by atoms with van der Waals surface area (Å²) >= 11 is 0. The summed E-state index contributed by atoms with van der Waals surface area (Å²) in [6, 6.07) is 5.49. The lowest BCUT2D eigenvalue weighted by Crippen LogP contribution is -2.04. The van der Waals surface area contributed by atoms with Gasteiger partial charge in [0.1, 0.15) is 23.9 Å². The maximum atomic E-state index is 5.30. The number of ether oxygens (including phenoxy) is 2. The van der Waals surface area contributed by atoms with Crippen molar-refractivity contribution in [2.24, 2.45) is 0 Å². The number of nitrogens with one attached hydrogen (secondary N) is 1. The summed E-state index contributed by atoms with van der Waals surface area (Å²) in [6.07, 6.45) is 1.70. The van der Waals surface area contributed by atoms with E-state index < -0.39 is 0 Å². The van der Waals surface area contributed by atoms with Crippen LogP contribution in [0, 0.1) is 0 Å². The van der Waals surface area contributed by atoms with Crippen LogP contribution in [0.4, 0.5) is 5.82 Å². The van der Waals surface area contributed by atoms with Crippen LogP contribution in [-0.2, 0) is 11.3 Å². The molecule has 100 valence electrons. The summed E-state index contributed by atoms with van der Waals surface area (Å²) in [5, 5.41) is 3.00. The molecule has 0 aliphatic carbocycles. The molecule has 0 aromatic carbocycles. The van der Waals surface area contributed by atoms with Crippen LogP contribution in [0.2, 0.25) is 0 Å². The number of hydrogen-bond donors (Lipinski definition) is 1. The Hall–Kier alpha value is -2.21. The lowest BCUT2D eigenvalue weighted by molar-refractivity contribution is 0.178. The molecule has 19 heavy (non-hydrogen) atoms. The maximum Gasteiger partial charge on any atom is 0.157 e. The van der Waals surface area contributed by atoms with E-state index in [1.807, 2.05) is 18.2 Å². The molecule has 0 bridgehead atoms. The van der Waals surface area contributed by atoms with E-state index in [9.17, 15) is 0 Å². The van der Waals surface area contributed by atoms with Crippen molar-refractivity contribution in [1.29, 1.82) is 0 Å². The molecule has 2 aromatic heterocycles. The monoisotopic (exact) mass is 260 g/mol. The van der Waals surface area contributed by atoms with E-state index in [0.29, 0.717) is 35.4 Å². The highest BCUT2D eigenvalue weighted by Gasteiger charge is 2.11. The van der Waals surface area contributed by atoms with Gasteiger partial charge in [0.15, 0.2) is 5.82 Å². The second kappa shape index (κ2) is 6.10. The number of methoxy groups -OCH3 is 2. The zero-order chi connectivity index (χ0) is 13.7. The molecule has 2 aromatic rings. The summed E-state index contributed by atoms with van der Waals surface area (Å²) in [5.41, 5.74) is 1.38. The fraction of sp³-hybridized carbons (Fsp3) is 0.308. The Balaban J connectivity index is 2.51. The molecule has 0 radical (unpaired) electrons. The Morgan fingerprint density at radius 2 is 2.11 bits per heavy atom. The Bertz CT molecular complexity index is 560. The molecule has 2 heterocycles. The second-order valence-electron chi connectivity index (χ2n) is 3.79. The Morgan fingerprint density at radius 1 is 1.26 bits per heavy atom. The van der Waals surface area contributed by atoms with Crippen molar-refractivity contribution >= 4 is 5.82 Å². The molecule has 0 atom stereocenters. The summed E-state index contributed by atoms with van der Waals surface area (Å²) < 4.78 is 10.4. The lowest BCUT2D eigenvalue weighted by atomic mass is 10.2. The van der Waals surface area contributed by atoms with E-state index >= 15 is 0 Å². The van der Waals surface area contributed by atoms with Gasteiger partial charge in [0.05, 0.1) is 12.8 Å². The average molecular weight is 260 g/mol. The molecule has 0 fully saturated rings. The van der Waals surface area contributed by atoms with Crippen molar-refractivity contribution in [3.05, 3.63) is 30.2 Å². The van der Waals surface area contributed by atoms with Crippen LogP contribution in [0.1, 0.15) is 5.82 Å². The Kier molecular flexibility index (Phi) is 4.25. The van der Waals surface area contributed by atoms with Crippen LogP contribution in [0.15, 0.2) is 24.4 Å². The summed E-state index contributed by atoms with van der Waals surface area (Å²) in [5.74, 6) is 1.98. The molecule has 2 rings (SSSR count). The van der Waals surface area contributed by atoms with Crippen LogP contribution >= 0.6 is 0 Å². The van der Waals surface area contributed by atoms with E-state index in [0.717, 1.165) is 0 Å². The second-order valence-corrected chi connectivity index (χ2v) is 3.79. The van der Waals surface area contributed by atoms with Gasteiger partial charge >= 0.3 is 0 Å². The maximum absolute atomic E-state index is 5.30. The number of rotatable bonds is 5. The molecule has 0 aliphatic rings. The zero-order valence-corrected chi connectivity index (χ0v) is 11.2. The van der Waals surface area contributed by atoms with Crippen LogP contribution in [0.3, 0.4) is 0 Å². The van der Waals surface area contributed by atoms with Crippen LogP contribution in [0.5, 0.6) is 5.75 Å². The third kappa shape index (κ3) is 2.97. The van der Waals surface area contributed by atoms with Crippen molar-refractivity contribution in [3.63, 3.8) is 0 Å².